The number of nitrogens with zero attached hydrogens (tertiary/aromatic N) is 1. The van der Waals surface area contributed by atoms with Gasteiger partial charge in [-0.3, -0.25) is 0 Å². The minimum Gasteiger partial charge on any atom is -0.475 e. The maximum Gasteiger partial charge on any atom is 0.215 e. The van der Waals surface area contributed by atoms with Crippen LogP contribution in [-0.2, 0) is 4.74 Å². The van der Waals surface area contributed by atoms with E-state index < -0.39 is 0 Å². The van der Waals surface area contributed by atoms with Gasteiger partial charge in [0.1, 0.15) is 6.61 Å². The standard InChI is InChI=1S/C9H14N2O2/c1-2-12-5-6-13-9-7-8(10)3-4-11-9/h3-4,7H,2,5-6H2,1H3,(H2,10,11). The predicted octanol–water partition coefficient (Wildman–Crippen LogP) is 1.08. The van der Waals surface area contributed by atoms with Crippen molar-refractivity contribution in [1.29, 1.82) is 0 Å². The monoisotopic (exact) mass is 182 g/mol. The Bertz CT molecular complexity index is 253. The molecule has 13 heavy (non-hydrogen) atoms. The molecule has 0 amide bonds. The third kappa shape index (κ3) is 3.75. The second-order valence-electron chi connectivity index (χ2n) is 2.47. The van der Waals surface area contributed by atoms with Crippen LogP contribution in [0.5, 0.6) is 5.88 Å². The molecule has 0 radical (unpaired) electrons. The molecule has 0 aliphatic carbocycles. The van der Waals surface area contributed by atoms with Gasteiger partial charge in [0.2, 0.25) is 5.88 Å². The molecule has 0 saturated carbocycles. The molecule has 0 fully saturated rings. The van der Waals surface area contributed by atoms with Crippen LogP contribution in [-0.4, -0.2) is 24.8 Å². The van der Waals surface area contributed by atoms with Crippen molar-refractivity contribution in [3.63, 3.8) is 0 Å². The van der Waals surface area contributed by atoms with Crippen molar-refractivity contribution in [2.45, 2.75) is 6.92 Å². The predicted molar refractivity (Wildman–Crippen MR) is 50.6 cm³/mol. The summed E-state index contributed by atoms with van der Waals surface area (Å²) < 4.78 is 10.4. The molecule has 2 N–H and O–H groups in total. The second-order valence-corrected chi connectivity index (χ2v) is 2.47. The van der Waals surface area contributed by atoms with Gasteiger partial charge in [0, 0.05) is 24.6 Å². The van der Waals surface area contributed by atoms with Gasteiger partial charge in [-0.15, -0.1) is 0 Å². The Hall–Kier alpha value is -1.29. The number of nitrogens with two attached hydrogens (primary N) is 1. The second kappa shape index (κ2) is 5.37. The van der Waals surface area contributed by atoms with Crippen LogP contribution in [0.25, 0.3) is 0 Å². The molecule has 0 aliphatic rings. The summed E-state index contributed by atoms with van der Waals surface area (Å²) in [5.74, 6) is 0.541. The SMILES string of the molecule is CCOCCOc1cc(N)ccn1. The van der Waals surface area contributed by atoms with Crippen molar-refractivity contribution in [3.05, 3.63) is 18.3 Å². The zero-order chi connectivity index (χ0) is 9.52. The number of hydrogen-bond donors (Lipinski definition) is 1. The first-order valence-electron chi connectivity index (χ1n) is 4.25. The van der Waals surface area contributed by atoms with Gasteiger partial charge in [-0.1, -0.05) is 0 Å². The average Bonchev–Trinajstić information content (AvgIpc) is 2.13. The lowest BCUT2D eigenvalue weighted by Crippen LogP contribution is -2.07. The Balaban J connectivity index is 2.28. The van der Waals surface area contributed by atoms with Crippen LogP contribution < -0.4 is 10.5 Å². The van der Waals surface area contributed by atoms with Gasteiger partial charge < -0.3 is 15.2 Å². The van der Waals surface area contributed by atoms with Gasteiger partial charge in [-0.2, -0.15) is 0 Å². The average molecular weight is 182 g/mol. The zero-order valence-electron chi connectivity index (χ0n) is 7.69. The first-order valence-corrected chi connectivity index (χ1v) is 4.25. The van der Waals surface area contributed by atoms with Gasteiger partial charge in [-0.25, -0.2) is 4.98 Å². The summed E-state index contributed by atoms with van der Waals surface area (Å²) >= 11 is 0. The molecule has 0 aromatic carbocycles. The molecule has 1 aromatic heterocycles. The van der Waals surface area contributed by atoms with E-state index in [-0.39, 0.29) is 0 Å². The van der Waals surface area contributed by atoms with E-state index in [1.807, 2.05) is 6.92 Å². The van der Waals surface area contributed by atoms with Crippen LogP contribution in [0.2, 0.25) is 0 Å². The van der Waals surface area contributed by atoms with Crippen LogP contribution in [0.15, 0.2) is 18.3 Å². The molecule has 0 atom stereocenters. The highest BCUT2D eigenvalue weighted by Crippen LogP contribution is 2.09. The Labute approximate surface area is 77.7 Å². The molecular weight excluding hydrogens is 168 g/mol. The number of hydrogen-bond acceptors (Lipinski definition) is 4. The number of pyridine rings is 1. The maximum absolute atomic E-state index is 5.54. The third-order valence-electron chi connectivity index (χ3n) is 1.44. The normalized spacial score (nSPS) is 9.92. The van der Waals surface area contributed by atoms with E-state index >= 15 is 0 Å². The number of nitrogen functional groups attached to an aromatic ring is 1. The lowest BCUT2D eigenvalue weighted by atomic mass is 10.4. The lowest BCUT2D eigenvalue weighted by Gasteiger charge is -2.04. The molecule has 4 nitrogen and oxygen atoms in total. The van der Waals surface area contributed by atoms with E-state index in [4.69, 9.17) is 15.2 Å². The molecule has 1 aromatic rings. The Morgan fingerprint density at radius 2 is 2.31 bits per heavy atom. The van der Waals surface area contributed by atoms with Crippen molar-refractivity contribution in [2.24, 2.45) is 0 Å². The van der Waals surface area contributed by atoms with E-state index in [1.165, 1.54) is 0 Å². The van der Waals surface area contributed by atoms with Crippen molar-refractivity contribution in [2.75, 3.05) is 25.6 Å². The molecule has 0 spiro atoms. The highest BCUT2D eigenvalue weighted by molar-refractivity contribution is 5.39. The zero-order valence-corrected chi connectivity index (χ0v) is 7.69. The molecule has 0 saturated heterocycles. The van der Waals surface area contributed by atoms with Crippen LogP contribution in [0.3, 0.4) is 0 Å². The summed E-state index contributed by atoms with van der Waals surface area (Å²) in [6.07, 6.45) is 1.62. The van der Waals surface area contributed by atoms with E-state index in [2.05, 4.69) is 4.98 Å². The van der Waals surface area contributed by atoms with E-state index in [0.29, 0.717) is 31.4 Å². The number of anilines is 1. The summed E-state index contributed by atoms with van der Waals surface area (Å²) in [5, 5.41) is 0. The van der Waals surface area contributed by atoms with Gasteiger partial charge in [0.15, 0.2) is 0 Å². The van der Waals surface area contributed by atoms with Crippen LogP contribution in [0.4, 0.5) is 5.69 Å². The summed E-state index contributed by atoms with van der Waals surface area (Å²) in [6, 6.07) is 3.40. The quantitative estimate of drug-likeness (QED) is 0.692. The molecule has 4 heteroatoms. The van der Waals surface area contributed by atoms with E-state index in [9.17, 15) is 0 Å². The van der Waals surface area contributed by atoms with Crippen LogP contribution in [0, 0.1) is 0 Å². The fraction of sp³-hybridized carbons (Fsp3) is 0.444. The number of ether oxygens (including phenoxy) is 2. The minimum absolute atomic E-state index is 0.504. The molecule has 1 heterocycles. The molecule has 0 aliphatic heterocycles. The summed E-state index contributed by atoms with van der Waals surface area (Å²) in [4.78, 5) is 3.98. The fourth-order valence-corrected chi connectivity index (χ4v) is 0.853. The largest absolute Gasteiger partial charge is 0.475 e. The summed E-state index contributed by atoms with van der Waals surface area (Å²) in [5.41, 5.74) is 6.19. The smallest absolute Gasteiger partial charge is 0.215 e. The van der Waals surface area contributed by atoms with E-state index in [0.717, 1.165) is 0 Å². The van der Waals surface area contributed by atoms with Crippen molar-refractivity contribution in [3.8, 4) is 5.88 Å². The Kier molecular flexibility index (Phi) is 4.05. The Morgan fingerprint density at radius 3 is 3.00 bits per heavy atom. The lowest BCUT2D eigenvalue weighted by molar-refractivity contribution is 0.108. The van der Waals surface area contributed by atoms with Gasteiger partial charge in [0.25, 0.3) is 0 Å². The topological polar surface area (TPSA) is 57.4 Å². The third-order valence-corrected chi connectivity index (χ3v) is 1.44. The summed E-state index contributed by atoms with van der Waals surface area (Å²) in [7, 11) is 0. The van der Waals surface area contributed by atoms with Gasteiger partial charge in [0.05, 0.1) is 6.61 Å². The molecular formula is C9H14N2O2. The number of rotatable bonds is 5. The molecule has 0 bridgehead atoms. The maximum atomic E-state index is 5.54. The first kappa shape index (κ1) is 9.80. The summed E-state index contributed by atoms with van der Waals surface area (Å²) in [6.45, 7) is 3.73. The van der Waals surface area contributed by atoms with Gasteiger partial charge >= 0.3 is 0 Å². The highest BCUT2D eigenvalue weighted by Gasteiger charge is 1.94. The van der Waals surface area contributed by atoms with Gasteiger partial charge in [-0.05, 0) is 13.0 Å². The molecule has 72 valence electrons. The fourth-order valence-electron chi connectivity index (χ4n) is 0.853. The highest BCUT2D eigenvalue weighted by atomic mass is 16.5. The Morgan fingerprint density at radius 1 is 1.46 bits per heavy atom. The van der Waals surface area contributed by atoms with Crippen LogP contribution >= 0.6 is 0 Å². The van der Waals surface area contributed by atoms with Crippen LogP contribution in [0.1, 0.15) is 6.92 Å². The minimum atomic E-state index is 0.504. The molecule has 0 unspecified atom stereocenters. The first-order chi connectivity index (χ1) is 6.33. The van der Waals surface area contributed by atoms with E-state index in [1.54, 1.807) is 18.3 Å². The molecule has 1 rings (SSSR count). The number of aromatic nitrogens is 1. The van der Waals surface area contributed by atoms with Crippen molar-refractivity contribution >= 4 is 5.69 Å². The van der Waals surface area contributed by atoms with Crippen molar-refractivity contribution < 1.29 is 9.47 Å². The van der Waals surface area contributed by atoms with Crippen molar-refractivity contribution in [1.82, 2.24) is 4.98 Å².